The molecule has 0 fully saturated rings. The summed E-state index contributed by atoms with van der Waals surface area (Å²) in [7, 11) is 1.68. The van der Waals surface area contributed by atoms with Crippen LogP contribution >= 0.6 is 15.9 Å². The third-order valence-electron chi connectivity index (χ3n) is 5.22. The van der Waals surface area contributed by atoms with E-state index < -0.39 is 0 Å². The van der Waals surface area contributed by atoms with Crippen LogP contribution in [0.1, 0.15) is 44.4 Å². The molecule has 2 aromatic rings. The fourth-order valence-electron chi connectivity index (χ4n) is 3.95. The Balaban J connectivity index is 2.17. The van der Waals surface area contributed by atoms with E-state index in [1.807, 2.05) is 30.3 Å². The summed E-state index contributed by atoms with van der Waals surface area (Å²) in [5.41, 5.74) is 5.94. The third kappa shape index (κ3) is 3.72. The van der Waals surface area contributed by atoms with E-state index >= 15 is 0 Å². The number of ether oxygens (including phenoxy) is 1. The standard InChI is InChI=1S/C24H25BrN2O/c1-6-27-22-13-23(28-5)18(12-21(22)16(2)14-24(27,3)4)11-19(15-26)17-7-9-20(25)10-8-17/h7-14H,6H2,1-5H3/b19-11+. The van der Waals surface area contributed by atoms with E-state index in [9.17, 15) is 5.26 Å². The minimum atomic E-state index is -0.0521. The molecule has 0 spiro atoms. The number of nitriles is 1. The van der Waals surface area contributed by atoms with Crippen molar-refractivity contribution in [3.63, 3.8) is 0 Å². The first-order valence-electron chi connectivity index (χ1n) is 9.38. The minimum absolute atomic E-state index is 0.0521. The molecule has 1 aliphatic rings. The van der Waals surface area contributed by atoms with Crippen LogP contribution in [0.25, 0.3) is 17.2 Å². The van der Waals surface area contributed by atoms with Crippen LogP contribution in [-0.4, -0.2) is 19.2 Å². The molecule has 0 atom stereocenters. The van der Waals surface area contributed by atoms with Crippen molar-refractivity contribution in [3.05, 3.63) is 63.6 Å². The first-order valence-corrected chi connectivity index (χ1v) is 10.2. The Morgan fingerprint density at radius 3 is 2.50 bits per heavy atom. The highest BCUT2D eigenvalue weighted by molar-refractivity contribution is 9.10. The number of hydrogen-bond acceptors (Lipinski definition) is 3. The van der Waals surface area contributed by atoms with Gasteiger partial charge in [0.1, 0.15) is 5.75 Å². The second-order valence-electron chi connectivity index (χ2n) is 7.51. The van der Waals surface area contributed by atoms with Gasteiger partial charge in [-0.3, -0.25) is 0 Å². The Bertz CT molecular complexity index is 995. The summed E-state index contributed by atoms with van der Waals surface area (Å²) < 4.78 is 6.69. The average Bonchev–Trinajstić information content (AvgIpc) is 2.66. The molecule has 0 amide bonds. The Kier molecular flexibility index (Phi) is 5.67. The first-order chi connectivity index (χ1) is 13.3. The van der Waals surface area contributed by atoms with Gasteiger partial charge in [0.25, 0.3) is 0 Å². The molecule has 0 aliphatic carbocycles. The predicted molar refractivity (Wildman–Crippen MR) is 121 cm³/mol. The molecule has 4 heteroatoms. The largest absolute Gasteiger partial charge is 0.496 e. The smallest absolute Gasteiger partial charge is 0.128 e. The van der Waals surface area contributed by atoms with Gasteiger partial charge in [-0.15, -0.1) is 0 Å². The topological polar surface area (TPSA) is 36.3 Å². The maximum Gasteiger partial charge on any atom is 0.128 e. The number of nitrogens with zero attached hydrogens (tertiary/aromatic N) is 2. The summed E-state index contributed by atoms with van der Waals surface area (Å²) in [4.78, 5) is 2.38. The molecule has 3 rings (SSSR count). The highest BCUT2D eigenvalue weighted by Gasteiger charge is 2.31. The zero-order valence-electron chi connectivity index (χ0n) is 17.0. The van der Waals surface area contributed by atoms with Crippen LogP contribution in [0.4, 0.5) is 5.69 Å². The van der Waals surface area contributed by atoms with Crippen LogP contribution < -0.4 is 9.64 Å². The highest BCUT2D eigenvalue weighted by atomic mass is 79.9. The molecule has 0 radical (unpaired) electrons. The van der Waals surface area contributed by atoms with E-state index in [0.717, 1.165) is 27.9 Å². The summed E-state index contributed by atoms with van der Waals surface area (Å²) >= 11 is 3.44. The number of likely N-dealkylation sites (N-methyl/N-ethyl adjacent to an activating group) is 1. The van der Waals surface area contributed by atoms with Crippen molar-refractivity contribution in [3.8, 4) is 11.8 Å². The molecular weight excluding hydrogens is 412 g/mol. The molecule has 144 valence electrons. The number of methoxy groups -OCH3 is 1. The van der Waals surface area contributed by atoms with Crippen LogP contribution in [0.3, 0.4) is 0 Å². The van der Waals surface area contributed by atoms with Gasteiger partial charge in [-0.1, -0.05) is 34.1 Å². The van der Waals surface area contributed by atoms with Crippen LogP contribution in [0.5, 0.6) is 5.75 Å². The SMILES string of the molecule is CCN1c2cc(OC)c(/C=C(\C#N)c3ccc(Br)cc3)cc2C(C)=CC1(C)C. The van der Waals surface area contributed by atoms with Gasteiger partial charge in [-0.2, -0.15) is 5.26 Å². The maximum atomic E-state index is 9.72. The molecule has 0 unspecified atom stereocenters. The van der Waals surface area contributed by atoms with Crippen molar-refractivity contribution in [1.29, 1.82) is 5.26 Å². The Hall–Kier alpha value is -2.51. The molecule has 1 aliphatic heterocycles. The predicted octanol–water partition coefficient (Wildman–Crippen LogP) is 6.54. The molecule has 3 nitrogen and oxygen atoms in total. The summed E-state index contributed by atoms with van der Waals surface area (Å²) in [6.45, 7) is 9.68. The van der Waals surface area contributed by atoms with E-state index in [-0.39, 0.29) is 5.54 Å². The second kappa shape index (κ2) is 7.85. The van der Waals surface area contributed by atoms with Crippen molar-refractivity contribution >= 4 is 38.8 Å². The first kappa shape index (κ1) is 20.2. The van der Waals surface area contributed by atoms with Gasteiger partial charge in [-0.25, -0.2) is 0 Å². The number of rotatable bonds is 4. The van der Waals surface area contributed by atoms with E-state index in [1.54, 1.807) is 7.11 Å². The number of halogens is 1. The highest BCUT2D eigenvalue weighted by Crippen LogP contribution is 2.42. The number of allylic oxidation sites excluding steroid dienone is 2. The lowest BCUT2D eigenvalue weighted by Crippen LogP contribution is -2.44. The quantitative estimate of drug-likeness (QED) is 0.402. The fraction of sp³-hybridized carbons (Fsp3) is 0.292. The van der Waals surface area contributed by atoms with Crippen LogP contribution in [0, 0.1) is 11.3 Å². The van der Waals surface area contributed by atoms with Crippen molar-refractivity contribution in [1.82, 2.24) is 0 Å². The van der Waals surface area contributed by atoms with Crippen LogP contribution in [0.2, 0.25) is 0 Å². The lowest BCUT2D eigenvalue weighted by molar-refractivity contribution is 0.413. The fourth-order valence-corrected chi connectivity index (χ4v) is 4.22. The molecule has 28 heavy (non-hydrogen) atoms. The summed E-state index contributed by atoms with van der Waals surface area (Å²) in [5, 5.41) is 9.72. The molecule has 0 aromatic heterocycles. The van der Waals surface area contributed by atoms with Gasteiger partial charge in [0.15, 0.2) is 0 Å². The van der Waals surface area contributed by atoms with Gasteiger partial charge >= 0.3 is 0 Å². The minimum Gasteiger partial charge on any atom is -0.496 e. The lowest BCUT2D eigenvalue weighted by atomic mass is 9.87. The van der Waals surface area contributed by atoms with E-state index in [1.165, 1.54) is 16.8 Å². The molecule has 0 N–H and O–H groups in total. The Morgan fingerprint density at radius 2 is 1.93 bits per heavy atom. The van der Waals surface area contributed by atoms with Gasteiger partial charge in [-0.05, 0) is 63.1 Å². The number of anilines is 1. The van der Waals surface area contributed by atoms with Crippen molar-refractivity contribution < 1.29 is 4.74 Å². The van der Waals surface area contributed by atoms with E-state index in [0.29, 0.717) is 5.57 Å². The Labute approximate surface area is 176 Å². The number of fused-ring (bicyclic) bond motifs is 1. The average molecular weight is 437 g/mol. The van der Waals surface area contributed by atoms with E-state index in [2.05, 4.69) is 72.8 Å². The van der Waals surface area contributed by atoms with Crippen LogP contribution in [-0.2, 0) is 0 Å². The number of hydrogen-bond donors (Lipinski definition) is 0. The second-order valence-corrected chi connectivity index (χ2v) is 8.43. The Morgan fingerprint density at radius 1 is 1.25 bits per heavy atom. The monoisotopic (exact) mass is 436 g/mol. The maximum absolute atomic E-state index is 9.72. The van der Waals surface area contributed by atoms with Gasteiger partial charge in [0, 0.05) is 33.9 Å². The molecule has 0 saturated heterocycles. The molecule has 1 heterocycles. The lowest BCUT2D eigenvalue weighted by Gasteiger charge is -2.43. The molecule has 0 bridgehead atoms. The van der Waals surface area contributed by atoms with Gasteiger partial charge in [0.2, 0.25) is 0 Å². The van der Waals surface area contributed by atoms with Crippen molar-refractivity contribution in [2.75, 3.05) is 18.6 Å². The third-order valence-corrected chi connectivity index (χ3v) is 5.75. The number of benzene rings is 2. The molecule has 0 saturated carbocycles. The zero-order valence-corrected chi connectivity index (χ0v) is 18.6. The summed E-state index contributed by atoms with van der Waals surface area (Å²) in [5.74, 6) is 0.771. The van der Waals surface area contributed by atoms with Crippen LogP contribution in [0.15, 0.2) is 46.9 Å². The normalized spacial score (nSPS) is 15.5. The molecular formula is C24H25BrN2O. The molecule has 2 aromatic carbocycles. The van der Waals surface area contributed by atoms with Gasteiger partial charge in [0.05, 0.1) is 24.3 Å². The van der Waals surface area contributed by atoms with Crippen molar-refractivity contribution in [2.24, 2.45) is 0 Å². The zero-order chi connectivity index (χ0) is 20.5. The summed E-state index contributed by atoms with van der Waals surface area (Å²) in [6.07, 6.45) is 4.21. The van der Waals surface area contributed by atoms with Gasteiger partial charge < -0.3 is 9.64 Å². The van der Waals surface area contributed by atoms with E-state index in [4.69, 9.17) is 4.74 Å². The van der Waals surface area contributed by atoms with Crippen molar-refractivity contribution in [2.45, 2.75) is 33.2 Å². The summed E-state index contributed by atoms with van der Waals surface area (Å²) in [6, 6.07) is 14.3.